The van der Waals surface area contributed by atoms with Gasteiger partial charge in [-0.1, -0.05) is 11.6 Å². The monoisotopic (exact) mass is 542 g/mol. The highest BCUT2D eigenvalue weighted by Crippen LogP contribution is 2.66. The van der Waals surface area contributed by atoms with Crippen LogP contribution in [0.3, 0.4) is 0 Å². The summed E-state index contributed by atoms with van der Waals surface area (Å²) in [5.41, 5.74) is 3.02. The molecule has 1 aromatic rings. The number of nitrogens with zero attached hydrogens (tertiary/aromatic N) is 2. The Morgan fingerprint density at radius 3 is 2.41 bits per heavy atom. The Hall–Kier alpha value is -1.41. The fraction of sp³-hybridized carbons (Fsp3) is 0.500. The van der Waals surface area contributed by atoms with Crippen LogP contribution in [-0.2, 0) is 31.6 Å². The summed E-state index contributed by atoms with van der Waals surface area (Å²) in [6.45, 7) is -1.10. The van der Waals surface area contributed by atoms with Crippen molar-refractivity contribution >= 4 is 35.1 Å². The smallest absolute Gasteiger partial charge is 0.387 e. The van der Waals surface area contributed by atoms with E-state index in [1.165, 1.54) is 0 Å². The average molecular weight is 543 g/mol. The second-order valence-electron chi connectivity index (χ2n) is 5.78. The summed E-state index contributed by atoms with van der Waals surface area (Å²) in [6.07, 6.45) is -4.53. The molecule has 0 aromatic carbocycles. The fourth-order valence-electron chi connectivity index (χ4n) is 2.39. The summed E-state index contributed by atoms with van der Waals surface area (Å²) in [6, 6.07) is 1.90. The molecule has 0 spiro atoms. The first-order valence-electron chi connectivity index (χ1n) is 7.71. The maximum absolute atomic E-state index is 12.0. The van der Waals surface area contributed by atoms with Crippen LogP contribution in [0.15, 0.2) is 15.9 Å². The van der Waals surface area contributed by atoms with E-state index in [1.54, 1.807) is 4.98 Å². The number of phosphoric acid groups is 3. The van der Waals surface area contributed by atoms with Gasteiger partial charge in [0.1, 0.15) is 18.5 Å². The van der Waals surface area contributed by atoms with Crippen LogP contribution in [0.25, 0.3) is 0 Å². The summed E-state index contributed by atoms with van der Waals surface area (Å²) in [5, 5.41) is 10.5. The van der Waals surface area contributed by atoms with Crippen LogP contribution in [0.4, 0.5) is 0 Å². The van der Waals surface area contributed by atoms with Crippen molar-refractivity contribution in [3.8, 4) is 12.0 Å². The predicted molar refractivity (Wildman–Crippen MR) is 99.4 cm³/mol. The second kappa shape index (κ2) is 9.45. The Kier molecular flexibility index (Phi) is 7.93. The molecule has 1 aliphatic heterocycles. The van der Waals surface area contributed by atoms with Gasteiger partial charge in [-0.25, -0.2) is 23.3 Å². The Labute approximate surface area is 181 Å². The number of aliphatic hydroxyl groups excluding tert-OH is 1. The summed E-state index contributed by atoms with van der Waals surface area (Å²) >= 11 is 6.24. The standard InChI is InChI=1S/C10H14ClN4O14P3/c11-10(1-2-12)6(16)5(27-7(10)15-4-13-8(17)14-9(15)18)3-26-31(22,23)29-32(24,25)28-30(19,20)21/h4-7,16H,3,12H2,(H,22,23)(H,24,25)(H,14,17,18)(H2,19,20,21)/t5-,6+,7-,10?/m1/s1. The van der Waals surface area contributed by atoms with Gasteiger partial charge < -0.3 is 35.2 Å². The maximum Gasteiger partial charge on any atom is 0.490 e. The zero-order chi connectivity index (χ0) is 24.5. The minimum absolute atomic E-state index is 0.618. The molecular weight excluding hydrogens is 528 g/mol. The number of nitrogens with one attached hydrogen (secondary N) is 1. The quantitative estimate of drug-likeness (QED) is 0.0768. The number of ether oxygens (including phenoxy) is 1. The molecule has 1 aromatic heterocycles. The van der Waals surface area contributed by atoms with Gasteiger partial charge in [-0.05, 0) is 5.92 Å². The van der Waals surface area contributed by atoms with Crippen molar-refractivity contribution in [2.24, 2.45) is 5.73 Å². The maximum atomic E-state index is 12.0. The Balaban J connectivity index is 2.24. The Morgan fingerprint density at radius 1 is 1.25 bits per heavy atom. The van der Waals surface area contributed by atoms with Crippen molar-refractivity contribution in [2.45, 2.75) is 23.3 Å². The summed E-state index contributed by atoms with van der Waals surface area (Å²) in [7, 11) is -16.9. The molecule has 1 aliphatic rings. The first-order chi connectivity index (χ1) is 14.5. The molecule has 8 N–H and O–H groups in total. The molecule has 0 saturated carbocycles. The number of aliphatic hydroxyl groups is 1. The van der Waals surface area contributed by atoms with Crippen LogP contribution in [0, 0.1) is 12.0 Å². The molecule has 0 aliphatic carbocycles. The number of aromatic nitrogens is 3. The topological polar surface area (TPSA) is 283 Å². The summed E-state index contributed by atoms with van der Waals surface area (Å²) in [5.74, 6) is 2.18. The highest BCUT2D eigenvalue weighted by atomic mass is 35.5. The van der Waals surface area contributed by atoms with E-state index in [1.807, 2.05) is 6.04 Å². The Morgan fingerprint density at radius 2 is 1.88 bits per heavy atom. The average Bonchev–Trinajstić information content (AvgIpc) is 2.82. The lowest BCUT2D eigenvalue weighted by Crippen LogP contribution is -2.44. The number of alkyl halides is 1. The fourth-order valence-corrected chi connectivity index (χ4v) is 5.78. The van der Waals surface area contributed by atoms with E-state index in [2.05, 4.69) is 24.0 Å². The molecule has 22 heteroatoms. The SMILES string of the molecule is NC#CC1(Cl)[C@@H](O)[C@@H](COP(=O)(O)OP(=O)(O)OP(=O)(O)O)O[C@H]1n1cnc(=O)[nH]c1=O. The molecule has 18 nitrogen and oxygen atoms in total. The lowest BCUT2D eigenvalue weighted by molar-refractivity contribution is -0.0459. The van der Waals surface area contributed by atoms with Gasteiger partial charge in [-0.2, -0.15) is 13.6 Å². The molecule has 6 atom stereocenters. The molecule has 1 fully saturated rings. The number of H-pyrrole nitrogens is 1. The van der Waals surface area contributed by atoms with Crippen LogP contribution < -0.4 is 17.1 Å². The number of hydrogen-bond acceptors (Lipinski definition) is 12. The van der Waals surface area contributed by atoms with Gasteiger partial charge in [-0.3, -0.25) is 14.1 Å². The van der Waals surface area contributed by atoms with Crippen molar-refractivity contribution in [1.82, 2.24) is 14.5 Å². The molecule has 0 bridgehead atoms. The molecule has 180 valence electrons. The van der Waals surface area contributed by atoms with Crippen molar-refractivity contribution in [3.63, 3.8) is 0 Å². The number of rotatable bonds is 8. The third-order valence-corrected chi connectivity index (χ3v) is 7.84. The second-order valence-corrected chi connectivity index (χ2v) is 10.8. The first-order valence-corrected chi connectivity index (χ1v) is 12.6. The van der Waals surface area contributed by atoms with Crippen molar-refractivity contribution < 1.29 is 56.3 Å². The van der Waals surface area contributed by atoms with E-state index < -0.39 is 64.8 Å². The van der Waals surface area contributed by atoms with E-state index >= 15 is 0 Å². The van der Waals surface area contributed by atoms with E-state index in [9.17, 15) is 33.3 Å². The van der Waals surface area contributed by atoms with Gasteiger partial charge in [0.15, 0.2) is 11.1 Å². The van der Waals surface area contributed by atoms with Gasteiger partial charge >= 0.3 is 34.8 Å². The van der Waals surface area contributed by atoms with Gasteiger partial charge in [0.2, 0.25) is 0 Å². The van der Waals surface area contributed by atoms with Crippen molar-refractivity contribution in [1.29, 1.82) is 0 Å². The first kappa shape index (κ1) is 26.8. The van der Waals surface area contributed by atoms with Crippen LogP contribution >= 0.6 is 35.1 Å². The number of nitrogens with two attached hydrogens (primary N) is 1. The molecule has 2 heterocycles. The van der Waals surface area contributed by atoms with Crippen LogP contribution in [0.1, 0.15) is 6.23 Å². The van der Waals surface area contributed by atoms with E-state index in [0.29, 0.717) is 10.9 Å². The largest absolute Gasteiger partial charge is 0.490 e. The Bertz CT molecular complexity index is 1190. The molecule has 0 amide bonds. The van der Waals surface area contributed by atoms with Gasteiger partial charge in [0, 0.05) is 6.04 Å². The lowest BCUT2D eigenvalue weighted by atomic mass is 9.99. The lowest BCUT2D eigenvalue weighted by Gasteiger charge is -2.25. The molecule has 2 rings (SSSR count). The highest BCUT2D eigenvalue weighted by Gasteiger charge is 2.57. The van der Waals surface area contributed by atoms with Crippen molar-refractivity contribution in [2.75, 3.05) is 6.61 Å². The molecule has 0 radical (unpaired) electrons. The minimum Gasteiger partial charge on any atom is -0.387 e. The van der Waals surface area contributed by atoms with Gasteiger partial charge in [-0.15, -0.1) is 0 Å². The van der Waals surface area contributed by atoms with Crippen molar-refractivity contribution in [3.05, 3.63) is 27.3 Å². The normalized spacial score (nSPS) is 29.5. The highest BCUT2D eigenvalue weighted by molar-refractivity contribution is 7.66. The zero-order valence-electron chi connectivity index (χ0n) is 15.1. The van der Waals surface area contributed by atoms with Crippen LogP contribution in [-0.4, -0.2) is 62.9 Å². The van der Waals surface area contributed by atoms with E-state index in [4.69, 9.17) is 36.8 Å². The van der Waals surface area contributed by atoms with Crippen LogP contribution in [0.5, 0.6) is 0 Å². The molecule has 32 heavy (non-hydrogen) atoms. The van der Waals surface area contributed by atoms with Gasteiger partial charge in [0.25, 0.3) is 0 Å². The van der Waals surface area contributed by atoms with Crippen LogP contribution in [0.2, 0.25) is 0 Å². The minimum atomic E-state index is -5.78. The number of hydrogen-bond donors (Lipinski definition) is 7. The predicted octanol–water partition coefficient (Wildman–Crippen LogP) is -2.57. The van der Waals surface area contributed by atoms with E-state index in [-0.39, 0.29) is 0 Å². The van der Waals surface area contributed by atoms with E-state index in [0.717, 1.165) is 0 Å². The third-order valence-electron chi connectivity index (χ3n) is 3.53. The molecular formula is C10H14ClN4O14P3. The summed E-state index contributed by atoms with van der Waals surface area (Å²) in [4.78, 5) is 61.7. The number of halogens is 1. The zero-order valence-corrected chi connectivity index (χ0v) is 18.6. The van der Waals surface area contributed by atoms with Gasteiger partial charge in [0.05, 0.1) is 6.61 Å². The molecule has 3 unspecified atom stereocenters. The third kappa shape index (κ3) is 6.56. The number of aromatic amines is 1. The summed E-state index contributed by atoms with van der Waals surface area (Å²) < 4.78 is 51.2. The molecule has 1 saturated heterocycles. The number of phosphoric ester groups is 1.